The average molecular weight is 393 g/mol. The molecule has 2 aromatic heterocycles. The molecule has 0 fully saturated rings. The monoisotopic (exact) mass is 393 g/mol. The van der Waals surface area contributed by atoms with Crippen molar-refractivity contribution in [1.29, 1.82) is 0 Å². The lowest BCUT2D eigenvalue weighted by atomic mass is 10.2. The Balaban J connectivity index is 1.34. The summed E-state index contributed by atoms with van der Waals surface area (Å²) in [5.74, 6) is 0.848. The Bertz CT molecular complexity index is 1040. The summed E-state index contributed by atoms with van der Waals surface area (Å²) >= 11 is 1.31. The van der Waals surface area contributed by atoms with Gasteiger partial charge in [-0.05, 0) is 35.0 Å². The van der Waals surface area contributed by atoms with E-state index in [4.69, 9.17) is 4.42 Å². The Hall–Kier alpha value is -3.13. The highest BCUT2D eigenvalue weighted by Gasteiger charge is 2.16. The first kappa shape index (κ1) is 18.2. The molecule has 0 radical (unpaired) electrons. The predicted octanol–water partition coefficient (Wildman–Crippen LogP) is 3.44. The van der Waals surface area contributed by atoms with Crippen LogP contribution in [0, 0.1) is 0 Å². The summed E-state index contributed by atoms with van der Waals surface area (Å²) in [7, 11) is 0. The first-order valence-electron chi connectivity index (χ1n) is 8.90. The van der Waals surface area contributed by atoms with Crippen molar-refractivity contribution in [3.05, 3.63) is 72.0 Å². The maximum Gasteiger partial charge on any atom is 0.231 e. The smallest absolute Gasteiger partial charge is 0.231 e. The van der Waals surface area contributed by atoms with Crippen LogP contribution in [-0.2, 0) is 11.3 Å². The van der Waals surface area contributed by atoms with Crippen LogP contribution < -0.4 is 5.32 Å². The first-order valence-corrected chi connectivity index (χ1v) is 9.88. The van der Waals surface area contributed by atoms with Crippen LogP contribution in [0.15, 0.2) is 70.2 Å². The number of fused-ring (bicyclic) bond motifs is 1. The minimum Gasteiger partial charge on any atom is -0.459 e. The van der Waals surface area contributed by atoms with Crippen LogP contribution >= 0.6 is 11.8 Å². The molecular formula is C20H19N5O2S. The molecule has 8 heteroatoms. The van der Waals surface area contributed by atoms with Crippen molar-refractivity contribution in [2.75, 3.05) is 5.75 Å². The van der Waals surface area contributed by atoms with E-state index >= 15 is 0 Å². The fourth-order valence-electron chi connectivity index (χ4n) is 2.86. The number of tetrazole rings is 1. The molecule has 2 heterocycles. The van der Waals surface area contributed by atoms with E-state index in [1.54, 1.807) is 4.68 Å². The molecule has 0 unspecified atom stereocenters. The normalized spacial score (nSPS) is 12.2. The van der Waals surface area contributed by atoms with E-state index in [2.05, 4.69) is 20.8 Å². The second-order valence-corrected chi connectivity index (χ2v) is 7.31. The largest absolute Gasteiger partial charge is 0.459 e. The summed E-state index contributed by atoms with van der Waals surface area (Å²) in [5.41, 5.74) is 1.91. The Kier molecular flexibility index (Phi) is 5.38. The molecule has 142 valence electrons. The van der Waals surface area contributed by atoms with Crippen LogP contribution in [0.4, 0.5) is 0 Å². The third-order valence-corrected chi connectivity index (χ3v) is 5.21. The number of rotatable bonds is 7. The molecule has 0 bridgehead atoms. The van der Waals surface area contributed by atoms with Gasteiger partial charge >= 0.3 is 0 Å². The van der Waals surface area contributed by atoms with Gasteiger partial charge in [-0.2, -0.15) is 0 Å². The maximum atomic E-state index is 12.4. The summed E-state index contributed by atoms with van der Waals surface area (Å²) in [6.07, 6.45) is 0. The summed E-state index contributed by atoms with van der Waals surface area (Å²) < 4.78 is 7.50. The average Bonchev–Trinajstić information content (AvgIpc) is 3.34. The molecule has 28 heavy (non-hydrogen) atoms. The lowest BCUT2D eigenvalue weighted by molar-refractivity contribution is -0.119. The summed E-state index contributed by atoms with van der Waals surface area (Å²) in [6, 6.07) is 19.4. The van der Waals surface area contributed by atoms with Crippen LogP contribution in [-0.4, -0.2) is 31.9 Å². The Morgan fingerprint density at radius 3 is 2.79 bits per heavy atom. The Morgan fingerprint density at radius 2 is 1.96 bits per heavy atom. The van der Waals surface area contributed by atoms with Gasteiger partial charge < -0.3 is 9.73 Å². The molecule has 4 aromatic rings. The van der Waals surface area contributed by atoms with Gasteiger partial charge in [0.25, 0.3) is 0 Å². The van der Waals surface area contributed by atoms with Crippen LogP contribution in [0.3, 0.4) is 0 Å². The van der Waals surface area contributed by atoms with E-state index in [9.17, 15) is 4.79 Å². The SMILES string of the molecule is C[C@@H](NC(=O)CSc1nnnn1Cc1ccccc1)c1cc2ccccc2o1. The summed E-state index contributed by atoms with van der Waals surface area (Å²) in [4.78, 5) is 12.4. The second-order valence-electron chi connectivity index (χ2n) is 6.37. The van der Waals surface area contributed by atoms with Crippen molar-refractivity contribution in [2.24, 2.45) is 0 Å². The highest BCUT2D eigenvalue weighted by molar-refractivity contribution is 7.99. The summed E-state index contributed by atoms with van der Waals surface area (Å²) in [5, 5.41) is 16.3. The number of aromatic nitrogens is 4. The standard InChI is InChI=1S/C20H19N5O2S/c1-14(18-11-16-9-5-6-10-17(16)27-18)21-19(26)13-28-20-22-23-24-25(20)12-15-7-3-2-4-8-15/h2-11,14H,12-13H2,1H3,(H,21,26)/t14-/m1/s1. The van der Waals surface area contributed by atoms with Gasteiger partial charge in [0.15, 0.2) is 0 Å². The number of thioether (sulfide) groups is 1. The molecule has 0 saturated heterocycles. The van der Waals surface area contributed by atoms with Crippen molar-refractivity contribution >= 4 is 28.6 Å². The quantitative estimate of drug-likeness (QED) is 0.484. The summed E-state index contributed by atoms with van der Waals surface area (Å²) in [6.45, 7) is 2.47. The second kappa shape index (κ2) is 8.26. The van der Waals surface area contributed by atoms with E-state index in [1.807, 2.05) is 67.6 Å². The number of para-hydroxylation sites is 1. The number of benzene rings is 2. The van der Waals surface area contributed by atoms with E-state index in [0.29, 0.717) is 11.7 Å². The van der Waals surface area contributed by atoms with Crippen molar-refractivity contribution in [1.82, 2.24) is 25.5 Å². The molecule has 1 atom stereocenters. The molecule has 2 aromatic carbocycles. The van der Waals surface area contributed by atoms with E-state index < -0.39 is 0 Å². The van der Waals surface area contributed by atoms with Gasteiger partial charge in [-0.25, -0.2) is 4.68 Å². The number of hydrogen-bond acceptors (Lipinski definition) is 6. The minimum absolute atomic E-state index is 0.104. The molecule has 1 amide bonds. The fourth-order valence-corrected chi connectivity index (χ4v) is 3.54. The number of amides is 1. The van der Waals surface area contributed by atoms with Crippen molar-refractivity contribution in [3.63, 3.8) is 0 Å². The zero-order valence-electron chi connectivity index (χ0n) is 15.3. The number of carbonyl (C=O) groups is 1. The minimum atomic E-state index is -0.221. The van der Waals surface area contributed by atoms with E-state index in [0.717, 1.165) is 22.3 Å². The predicted molar refractivity (Wildman–Crippen MR) is 107 cm³/mol. The van der Waals surface area contributed by atoms with Crippen LogP contribution in [0.1, 0.15) is 24.3 Å². The van der Waals surface area contributed by atoms with E-state index in [-0.39, 0.29) is 17.7 Å². The number of carbonyl (C=O) groups excluding carboxylic acids is 1. The molecule has 0 aliphatic heterocycles. The number of furan rings is 1. The third-order valence-electron chi connectivity index (χ3n) is 4.26. The molecule has 0 saturated carbocycles. The lowest BCUT2D eigenvalue weighted by Crippen LogP contribution is -2.28. The zero-order chi connectivity index (χ0) is 19.3. The Labute approximate surface area is 166 Å². The number of nitrogens with one attached hydrogen (secondary N) is 1. The third kappa shape index (κ3) is 4.23. The van der Waals surface area contributed by atoms with Crippen LogP contribution in [0.5, 0.6) is 0 Å². The van der Waals surface area contributed by atoms with Crippen molar-refractivity contribution in [2.45, 2.75) is 24.7 Å². The van der Waals surface area contributed by atoms with Crippen LogP contribution in [0.25, 0.3) is 11.0 Å². The van der Waals surface area contributed by atoms with Gasteiger partial charge in [-0.1, -0.05) is 60.3 Å². The zero-order valence-corrected chi connectivity index (χ0v) is 16.1. The lowest BCUT2D eigenvalue weighted by Gasteiger charge is -2.11. The maximum absolute atomic E-state index is 12.4. The van der Waals surface area contributed by atoms with Gasteiger partial charge in [0.05, 0.1) is 18.3 Å². The van der Waals surface area contributed by atoms with Crippen LogP contribution in [0.2, 0.25) is 0 Å². The van der Waals surface area contributed by atoms with Gasteiger partial charge in [0.1, 0.15) is 11.3 Å². The Morgan fingerprint density at radius 1 is 1.18 bits per heavy atom. The van der Waals surface area contributed by atoms with E-state index in [1.165, 1.54) is 11.8 Å². The topological polar surface area (TPSA) is 85.8 Å². The van der Waals surface area contributed by atoms with Gasteiger partial charge in [-0.15, -0.1) is 5.10 Å². The molecule has 4 rings (SSSR count). The van der Waals surface area contributed by atoms with Crippen molar-refractivity contribution in [3.8, 4) is 0 Å². The highest BCUT2D eigenvalue weighted by atomic mass is 32.2. The molecule has 0 aliphatic rings. The first-order chi connectivity index (χ1) is 13.7. The molecular weight excluding hydrogens is 374 g/mol. The van der Waals surface area contributed by atoms with Gasteiger partial charge in [0.2, 0.25) is 11.1 Å². The van der Waals surface area contributed by atoms with Gasteiger partial charge in [-0.3, -0.25) is 4.79 Å². The number of hydrogen-bond donors (Lipinski definition) is 1. The van der Waals surface area contributed by atoms with Crippen molar-refractivity contribution < 1.29 is 9.21 Å². The molecule has 7 nitrogen and oxygen atoms in total. The van der Waals surface area contributed by atoms with Gasteiger partial charge in [0, 0.05) is 5.39 Å². The number of nitrogens with zero attached hydrogens (tertiary/aromatic N) is 4. The molecule has 0 aliphatic carbocycles. The fraction of sp³-hybridized carbons (Fsp3) is 0.200. The molecule has 1 N–H and O–H groups in total. The highest BCUT2D eigenvalue weighted by Crippen LogP contribution is 2.24. The molecule has 0 spiro atoms.